The van der Waals surface area contributed by atoms with Crippen LogP contribution in [0.15, 0.2) is 16.5 Å². The Morgan fingerprint density at radius 1 is 1.45 bits per heavy atom. The fourth-order valence-electron chi connectivity index (χ4n) is 4.09. The summed E-state index contributed by atoms with van der Waals surface area (Å²) >= 11 is 0. The summed E-state index contributed by atoms with van der Waals surface area (Å²) in [4.78, 5) is 11.5. The van der Waals surface area contributed by atoms with Gasteiger partial charge >= 0.3 is 5.97 Å². The molecule has 4 heteroatoms. The van der Waals surface area contributed by atoms with Gasteiger partial charge in [-0.15, -0.1) is 0 Å². The van der Waals surface area contributed by atoms with Crippen LogP contribution in [0.25, 0.3) is 0 Å². The largest absolute Gasteiger partial charge is 0.463 e. The molecule has 0 aliphatic heterocycles. The van der Waals surface area contributed by atoms with Gasteiger partial charge in [0.1, 0.15) is 5.76 Å². The molecule has 1 aromatic rings. The van der Waals surface area contributed by atoms with E-state index in [-0.39, 0.29) is 11.8 Å². The summed E-state index contributed by atoms with van der Waals surface area (Å²) in [6.07, 6.45) is 6.72. The van der Waals surface area contributed by atoms with Gasteiger partial charge in [-0.1, -0.05) is 6.42 Å². The molecule has 2 aliphatic rings. The smallest absolute Gasteiger partial charge is 0.373 e. The number of rotatable bonds is 5. The molecule has 1 N–H and O–H groups in total. The highest BCUT2D eigenvalue weighted by atomic mass is 16.5. The van der Waals surface area contributed by atoms with E-state index in [4.69, 9.17) is 4.42 Å². The minimum atomic E-state index is -0.411. The third-order valence-electron chi connectivity index (χ3n) is 5.13. The molecule has 20 heavy (non-hydrogen) atoms. The van der Waals surface area contributed by atoms with E-state index in [1.807, 2.05) is 13.1 Å². The predicted molar refractivity (Wildman–Crippen MR) is 75.4 cm³/mol. The first kappa shape index (κ1) is 13.7. The number of ether oxygens (including phenoxy) is 1. The lowest BCUT2D eigenvalue weighted by Gasteiger charge is -2.25. The number of methoxy groups -OCH3 is 1. The van der Waals surface area contributed by atoms with Gasteiger partial charge in [-0.05, 0) is 62.6 Å². The number of carbonyl (C=O) groups is 1. The third-order valence-corrected chi connectivity index (χ3v) is 5.13. The summed E-state index contributed by atoms with van der Waals surface area (Å²) in [6, 6.07) is 3.78. The molecular weight excluding hydrogens is 254 g/mol. The molecule has 3 rings (SSSR count). The van der Waals surface area contributed by atoms with Crippen molar-refractivity contribution in [1.29, 1.82) is 0 Å². The Hall–Kier alpha value is -1.29. The molecule has 4 atom stereocenters. The molecule has 0 aromatic carbocycles. The lowest BCUT2D eigenvalue weighted by molar-refractivity contribution is 0.0561. The molecule has 0 spiro atoms. The van der Waals surface area contributed by atoms with Gasteiger partial charge in [0, 0.05) is 0 Å². The van der Waals surface area contributed by atoms with Crippen LogP contribution in [0.2, 0.25) is 0 Å². The SMILES string of the molecule is CNC(CC1CC2CCC1C2)c1ccc(C(=O)OC)o1. The summed E-state index contributed by atoms with van der Waals surface area (Å²) in [5, 5.41) is 3.33. The van der Waals surface area contributed by atoms with Crippen LogP contribution >= 0.6 is 0 Å². The molecule has 0 radical (unpaired) electrons. The lowest BCUT2D eigenvalue weighted by Crippen LogP contribution is -2.22. The highest BCUT2D eigenvalue weighted by molar-refractivity contribution is 5.86. The number of hydrogen-bond acceptors (Lipinski definition) is 4. The van der Waals surface area contributed by atoms with Gasteiger partial charge in [-0.2, -0.15) is 0 Å². The minimum Gasteiger partial charge on any atom is -0.463 e. The predicted octanol–water partition coefficient (Wildman–Crippen LogP) is 3.15. The van der Waals surface area contributed by atoms with Crippen LogP contribution in [0, 0.1) is 17.8 Å². The molecule has 110 valence electrons. The first-order valence-electron chi connectivity index (χ1n) is 7.56. The molecule has 0 amide bonds. The zero-order chi connectivity index (χ0) is 14.1. The van der Waals surface area contributed by atoms with E-state index in [0.29, 0.717) is 0 Å². The van der Waals surface area contributed by atoms with E-state index in [0.717, 1.165) is 29.9 Å². The second kappa shape index (κ2) is 5.60. The van der Waals surface area contributed by atoms with E-state index in [1.165, 1.54) is 32.8 Å². The highest BCUT2D eigenvalue weighted by Gasteiger charge is 2.40. The molecule has 1 aromatic heterocycles. The fourth-order valence-corrected chi connectivity index (χ4v) is 4.09. The van der Waals surface area contributed by atoms with Gasteiger partial charge < -0.3 is 14.5 Å². The van der Waals surface area contributed by atoms with Crippen molar-refractivity contribution < 1.29 is 13.9 Å². The number of fused-ring (bicyclic) bond motifs is 2. The van der Waals surface area contributed by atoms with E-state index in [1.54, 1.807) is 6.07 Å². The van der Waals surface area contributed by atoms with Crippen molar-refractivity contribution in [3.63, 3.8) is 0 Å². The van der Waals surface area contributed by atoms with Crippen molar-refractivity contribution in [2.45, 2.75) is 38.1 Å². The zero-order valence-electron chi connectivity index (χ0n) is 12.2. The topological polar surface area (TPSA) is 51.5 Å². The number of furan rings is 1. The Kier molecular flexibility index (Phi) is 3.83. The molecule has 0 saturated heterocycles. The third kappa shape index (κ3) is 2.49. The maximum Gasteiger partial charge on any atom is 0.373 e. The van der Waals surface area contributed by atoms with Crippen LogP contribution in [-0.4, -0.2) is 20.1 Å². The van der Waals surface area contributed by atoms with Gasteiger partial charge in [0.15, 0.2) is 0 Å². The molecule has 2 saturated carbocycles. The number of nitrogens with one attached hydrogen (secondary N) is 1. The fraction of sp³-hybridized carbons (Fsp3) is 0.688. The molecule has 2 aliphatic carbocycles. The van der Waals surface area contributed by atoms with Gasteiger partial charge in [0.05, 0.1) is 13.2 Å². The molecule has 4 unspecified atom stereocenters. The Morgan fingerprint density at radius 3 is 2.90 bits per heavy atom. The highest BCUT2D eigenvalue weighted by Crippen LogP contribution is 2.50. The molecule has 2 bridgehead atoms. The average Bonchev–Trinajstić information content (AvgIpc) is 3.19. The number of esters is 1. The number of hydrogen-bond donors (Lipinski definition) is 1. The monoisotopic (exact) mass is 277 g/mol. The van der Waals surface area contributed by atoms with Gasteiger partial charge in [-0.3, -0.25) is 0 Å². The van der Waals surface area contributed by atoms with E-state index < -0.39 is 5.97 Å². The maximum absolute atomic E-state index is 11.5. The van der Waals surface area contributed by atoms with E-state index in [9.17, 15) is 4.79 Å². The molecular formula is C16H23NO3. The van der Waals surface area contributed by atoms with Crippen LogP contribution in [0.1, 0.15) is 54.5 Å². The van der Waals surface area contributed by atoms with Gasteiger partial charge in [0.2, 0.25) is 5.76 Å². The van der Waals surface area contributed by atoms with E-state index in [2.05, 4.69) is 10.1 Å². The van der Waals surface area contributed by atoms with Crippen molar-refractivity contribution in [1.82, 2.24) is 5.32 Å². The normalized spacial score (nSPS) is 29.6. The van der Waals surface area contributed by atoms with Crippen molar-refractivity contribution in [3.8, 4) is 0 Å². The lowest BCUT2D eigenvalue weighted by atomic mass is 9.84. The van der Waals surface area contributed by atoms with Crippen LogP contribution in [-0.2, 0) is 4.74 Å². The van der Waals surface area contributed by atoms with Crippen LogP contribution in [0.4, 0.5) is 0 Å². The summed E-state index contributed by atoms with van der Waals surface area (Å²) in [5.74, 6) is 3.39. The summed E-state index contributed by atoms with van der Waals surface area (Å²) < 4.78 is 10.3. The van der Waals surface area contributed by atoms with Crippen molar-refractivity contribution in [2.75, 3.05) is 14.2 Å². The number of carbonyl (C=O) groups excluding carboxylic acids is 1. The molecule has 1 heterocycles. The van der Waals surface area contributed by atoms with Crippen molar-refractivity contribution in [3.05, 3.63) is 23.7 Å². The van der Waals surface area contributed by atoms with E-state index >= 15 is 0 Å². The second-order valence-corrected chi connectivity index (χ2v) is 6.21. The molecule has 2 fully saturated rings. The van der Waals surface area contributed by atoms with Crippen LogP contribution in [0.3, 0.4) is 0 Å². The molecule has 4 nitrogen and oxygen atoms in total. The Balaban J connectivity index is 1.67. The quantitative estimate of drug-likeness (QED) is 0.840. The Bertz CT molecular complexity index is 482. The standard InChI is InChI=1S/C16H23NO3/c1-17-13(9-12-8-10-3-4-11(12)7-10)14-5-6-15(20-14)16(18)19-2/h5-6,10-13,17H,3-4,7-9H2,1-2H3. The maximum atomic E-state index is 11.5. The second-order valence-electron chi connectivity index (χ2n) is 6.21. The Labute approximate surface area is 119 Å². The van der Waals surface area contributed by atoms with Gasteiger partial charge in [0.25, 0.3) is 0 Å². The van der Waals surface area contributed by atoms with Crippen LogP contribution < -0.4 is 5.32 Å². The summed E-state index contributed by atoms with van der Waals surface area (Å²) in [5.41, 5.74) is 0. The van der Waals surface area contributed by atoms with Crippen molar-refractivity contribution >= 4 is 5.97 Å². The Morgan fingerprint density at radius 2 is 2.30 bits per heavy atom. The first-order chi connectivity index (χ1) is 9.71. The van der Waals surface area contributed by atoms with Crippen LogP contribution in [0.5, 0.6) is 0 Å². The average molecular weight is 277 g/mol. The van der Waals surface area contributed by atoms with Crippen molar-refractivity contribution in [2.24, 2.45) is 17.8 Å². The minimum absolute atomic E-state index is 0.192. The van der Waals surface area contributed by atoms with Gasteiger partial charge in [-0.25, -0.2) is 4.79 Å². The summed E-state index contributed by atoms with van der Waals surface area (Å²) in [6.45, 7) is 0. The zero-order valence-corrected chi connectivity index (χ0v) is 12.2. The summed E-state index contributed by atoms with van der Waals surface area (Å²) in [7, 11) is 3.33. The first-order valence-corrected chi connectivity index (χ1v) is 7.56.